The summed E-state index contributed by atoms with van der Waals surface area (Å²) in [4.78, 5) is 16.9. The molecule has 0 amide bonds. The molecule has 0 saturated heterocycles. The molecule has 3 heteroatoms. The highest BCUT2D eigenvalue weighted by molar-refractivity contribution is 5.01. The first-order valence-electron chi connectivity index (χ1n) is 4.86. The van der Waals surface area contributed by atoms with Gasteiger partial charge in [0, 0.05) is 12.4 Å². The van der Waals surface area contributed by atoms with E-state index in [1.807, 2.05) is 0 Å². The predicted molar refractivity (Wildman–Crippen MR) is 52.7 cm³/mol. The average molecular weight is 180 g/mol. The van der Waals surface area contributed by atoms with E-state index in [1.165, 1.54) is 25.7 Å². The summed E-state index contributed by atoms with van der Waals surface area (Å²) in [5.41, 5.74) is 0.855. The third-order valence-corrected chi connectivity index (χ3v) is 2.05. The fraction of sp³-hybridized carbons (Fsp3) is 0.600. The Labute approximate surface area is 78.2 Å². The molecule has 0 unspecified atom stereocenters. The summed E-state index contributed by atoms with van der Waals surface area (Å²) in [6.07, 6.45) is 9.41. The third kappa shape index (κ3) is 3.87. The van der Waals surface area contributed by atoms with Gasteiger partial charge in [0.1, 0.15) is 0 Å². The van der Waals surface area contributed by atoms with Crippen molar-refractivity contribution in [3.63, 3.8) is 0 Å². The van der Waals surface area contributed by atoms with Crippen LogP contribution in [0.2, 0.25) is 0 Å². The zero-order valence-corrected chi connectivity index (χ0v) is 8.05. The third-order valence-electron chi connectivity index (χ3n) is 2.05. The van der Waals surface area contributed by atoms with E-state index < -0.39 is 0 Å². The molecule has 0 saturated carbocycles. The highest BCUT2D eigenvalue weighted by Gasteiger charge is 1.93. The van der Waals surface area contributed by atoms with Crippen LogP contribution in [0.3, 0.4) is 0 Å². The number of H-pyrrole nitrogens is 1. The van der Waals surface area contributed by atoms with Gasteiger partial charge in [0.2, 0.25) is 0 Å². The monoisotopic (exact) mass is 180 g/mol. The first-order chi connectivity index (χ1) is 6.33. The molecule has 0 radical (unpaired) electrons. The first kappa shape index (κ1) is 9.96. The lowest BCUT2D eigenvalue weighted by atomic mass is 10.1. The SMILES string of the molecule is CCCCCCc1cnc(=O)[nH]c1. The van der Waals surface area contributed by atoms with Crippen LogP contribution < -0.4 is 5.69 Å². The maximum absolute atomic E-state index is 10.6. The number of nitrogens with one attached hydrogen (secondary N) is 1. The van der Waals surface area contributed by atoms with Crippen molar-refractivity contribution in [2.75, 3.05) is 0 Å². The number of nitrogens with zero attached hydrogens (tertiary/aromatic N) is 1. The molecule has 72 valence electrons. The zero-order chi connectivity index (χ0) is 9.52. The molecule has 0 atom stereocenters. The summed E-state index contributed by atoms with van der Waals surface area (Å²) in [5.74, 6) is 0. The normalized spacial score (nSPS) is 10.2. The lowest BCUT2D eigenvalue weighted by Crippen LogP contribution is -2.09. The van der Waals surface area contributed by atoms with Crippen molar-refractivity contribution in [3.05, 3.63) is 28.4 Å². The van der Waals surface area contributed by atoms with Crippen molar-refractivity contribution in [1.29, 1.82) is 0 Å². The van der Waals surface area contributed by atoms with Gasteiger partial charge < -0.3 is 4.98 Å². The van der Waals surface area contributed by atoms with Crippen LogP contribution in [0.4, 0.5) is 0 Å². The lowest BCUT2D eigenvalue weighted by molar-refractivity contribution is 0.664. The van der Waals surface area contributed by atoms with Gasteiger partial charge in [-0.25, -0.2) is 9.78 Å². The molecule has 1 aromatic heterocycles. The van der Waals surface area contributed by atoms with E-state index >= 15 is 0 Å². The van der Waals surface area contributed by atoms with Gasteiger partial charge in [-0.2, -0.15) is 0 Å². The Bertz CT molecular complexity index is 273. The highest BCUT2D eigenvalue weighted by atomic mass is 16.1. The molecule has 13 heavy (non-hydrogen) atoms. The van der Waals surface area contributed by atoms with Gasteiger partial charge in [0.05, 0.1) is 0 Å². The van der Waals surface area contributed by atoms with Crippen molar-refractivity contribution in [2.45, 2.75) is 39.0 Å². The lowest BCUT2D eigenvalue weighted by Gasteiger charge is -1.98. The maximum Gasteiger partial charge on any atom is 0.344 e. The standard InChI is InChI=1S/C10H16N2O/c1-2-3-4-5-6-9-7-11-10(13)12-8-9/h7-8H,2-6H2,1H3,(H,11,12,13). The first-order valence-corrected chi connectivity index (χ1v) is 4.86. The number of unbranched alkanes of at least 4 members (excludes halogenated alkanes) is 3. The summed E-state index contributed by atoms with van der Waals surface area (Å²) < 4.78 is 0. The second-order valence-electron chi connectivity index (χ2n) is 3.24. The number of aromatic nitrogens is 2. The van der Waals surface area contributed by atoms with Crippen molar-refractivity contribution >= 4 is 0 Å². The maximum atomic E-state index is 10.6. The van der Waals surface area contributed by atoms with Crippen LogP contribution in [0.5, 0.6) is 0 Å². The number of hydrogen-bond donors (Lipinski definition) is 1. The molecule has 0 aliphatic heterocycles. The van der Waals surface area contributed by atoms with Gasteiger partial charge in [-0.05, 0) is 18.4 Å². The molecule has 1 heterocycles. The Morgan fingerprint density at radius 3 is 2.85 bits per heavy atom. The van der Waals surface area contributed by atoms with Gasteiger partial charge in [-0.3, -0.25) is 0 Å². The molecular formula is C10H16N2O. The minimum absolute atomic E-state index is 0.266. The van der Waals surface area contributed by atoms with E-state index in [4.69, 9.17) is 0 Å². The Morgan fingerprint density at radius 2 is 2.23 bits per heavy atom. The molecule has 0 spiro atoms. The van der Waals surface area contributed by atoms with Crippen molar-refractivity contribution < 1.29 is 0 Å². The predicted octanol–water partition coefficient (Wildman–Crippen LogP) is 1.89. The van der Waals surface area contributed by atoms with Crippen LogP contribution in [0, 0.1) is 0 Å². The Hall–Kier alpha value is -1.12. The van der Waals surface area contributed by atoms with Crippen molar-refractivity contribution in [3.8, 4) is 0 Å². The summed E-state index contributed by atoms with van der Waals surface area (Å²) in [6.45, 7) is 2.20. The average Bonchev–Trinajstić information content (AvgIpc) is 2.15. The molecule has 0 aliphatic carbocycles. The van der Waals surface area contributed by atoms with Crippen LogP contribution in [0.15, 0.2) is 17.2 Å². The fourth-order valence-corrected chi connectivity index (χ4v) is 1.26. The fourth-order valence-electron chi connectivity index (χ4n) is 1.26. The van der Waals surface area contributed by atoms with Gasteiger partial charge >= 0.3 is 5.69 Å². The van der Waals surface area contributed by atoms with E-state index in [9.17, 15) is 4.79 Å². The van der Waals surface area contributed by atoms with Gasteiger partial charge in [-0.1, -0.05) is 26.2 Å². The van der Waals surface area contributed by atoms with E-state index in [0.29, 0.717) is 0 Å². The number of aryl methyl sites for hydroxylation is 1. The summed E-state index contributed by atoms with van der Waals surface area (Å²) >= 11 is 0. The second kappa shape index (κ2) is 5.51. The summed E-state index contributed by atoms with van der Waals surface area (Å²) in [5, 5.41) is 0. The zero-order valence-electron chi connectivity index (χ0n) is 8.05. The molecule has 0 aliphatic rings. The Balaban J connectivity index is 2.29. The van der Waals surface area contributed by atoms with Crippen LogP contribution in [0.25, 0.3) is 0 Å². The van der Waals surface area contributed by atoms with Gasteiger partial charge in [0.25, 0.3) is 0 Å². The van der Waals surface area contributed by atoms with Gasteiger partial charge in [-0.15, -0.1) is 0 Å². The number of aromatic amines is 1. The Morgan fingerprint density at radius 1 is 1.38 bits per heavy atom. The largest absolute Gasteiger partial charge is 0.344 e. The molecule has 1 aromatic rings. The van der Waals surface area contributed by atoms with E-state index in [1.54, 1.807) is 12.4 Å². The van der Waals surface area contributed by atoms with Crippen LogP contribution in [-0.4, -0.2) is 9.97 Å². The molecule has 0 bridgehead atoms. The quantitative estimate of drug-likeness (QED) is 0.703. The van der Waals surface area contributed by atoms with E-state index in [2.05, 4.69) is 16.9 Å². The van der Waals surface area contributed by atoms with Crippen molar-refractivity contribution in [2.24, 2.45) is 0 Å². The summed E-state index contributed by atoms with van der Waals surface area (Å²) in [6, 6.07) is 0. The van der Waals surface area contributed by atoms with Gasteiger partial charge in [0.15, 0.2) is 0 Å². The second-order valence-corrected chi connectivity index (χ2v) is 3.24. The minimum atomic E-state index is -0.266. The van der Waals surface area contributed by atoms with E-state index in [0.717, 1.165) is 12.0 Å². The number of hydrogen-bond acceptors (Lipinski definition) is 2. The molecular weight excluding hydrogens is 164 g/mol. The minimum Gasteiger partial charge on any atom is -0.312 e. The molecule has 3 nitrogen and oxygen atoms in total. The summed E-state index contributed by atoms with van der Waals surface area (Å²) in [7, 11) is 0. The van der Waals surface area contributed by atoms with Crippen molar-refractivity contribution in [1.82, 2.24) is 9.97 Å². The Kier molecular flexibility index (Phi) is 4.23. The smallest absolute Gasteiger partial charge is 0.312 e. The molecule has 1 N–H and O–H groups in total. The molecule has 0 fully saturated rings. The molecule has 1 rings (SSSR count). The van der Waals surface area contributed by atoms with Crippen LogP contribution >= 0.6 is 0 Å². The molecule has 0 aromatic carbocycles. The van der Waals surface area contributed by atoms with E-state index in [-0.39, 0.29) is 5.69 Å². The van der Waals surface area contributed by atoms with Crippen LogP contribution in [0.1, 0.15) is 38.2 Å². The highest BCUT2D eigenvalue weighted by Crippen LogP contribution is 2.04. The van der Waals surface area contributed by atoms with Crippen LogP contribution in [-0.2, 0) is 6.42 Å². The number of rotatable bonds is 5. The topological polar surface area (TPSA) is 45.8 Å².